The Hall–Kier alpha value is -1.88. The number of imide groups is 1. The molecular weight excluding hydrogens is 244 g/mol. The van der Waals surface area contributed by atoms with Gasteiger partial charge in [0.2, 0.25) is 11.8 Å². The number of nitrogens with one attached hydrogen (secondary N) is 1. The smallest absolute Gasteiger partial charge is 0.246 e. The molecule has 1 N–H and O–H groups in total. The molecule has 1 aromatic carbocycles. The summed E-state index contributed by atoms with van der Waals surface area (Å²) in [6, 6.07) is 7.37. The minimum atomic E-state index is -0.299. The third-order valence-corrected chi connectivity index (χ3v) is 3.38. The number of piperidine rings is 1. The molecule has 2 rings (SSSR count). The fourth-order valence-corrected chi connectivity index (χ4v) is 2.19. The first kappa shape index (κ1) is 13.5. The number of hydrogen-bond acceptors (Lipinski definition) is 4. The van der Waals surface area contributed by atoms with Crippen molar-refractivity contribution in [1.29, 1.82) is 0 Å². The first-order valence-electron chi connectivity index (χ1n) is 6.29. The van der Waals surface area contributed by atoms with E-state index < -0.39 is 0 Å². The fraction of sp³-hybridized carbons (Fsp3) is 0.429. The monoisotopic (exact) mass is 262 g/mol. The number of nitrogens with zero attached hydrogens (tertiary/aromatic N) is 1. The van der Waals surface area contributed by atoms with Crippen LogP contribution in [0.1, 0.15) is 18.4 Å². The molecule has 5 nitrogen and oxygen atoms in total. The number of hydrogen-bond donors (Lipinski definition) is 1. The third kappa shape index (κ3) is 2.93. The molecule has 1 atom stereocenters. The number of carbonyl (C=O) groups is 2. The molecule has 0 bridgehead atoms. The SMILES string of the molecule is COc1ccccc1CNC1CCC(=O)N(C)C1=O. The summed E-state index contributed by atoms with van der Waals surface area (Å²) in [5.74, 6) is 0.522. The van der Waals surface area contributed by atoms with Crippen LogP contribution >= 0.6 is 0 Å². The molecule has 1 aliphatic rings. The van der Waals surface area contributed by atoms with E-state index in [1.807, 2.05) is 24.3 Å². The minimum Gasteiger partial charge on any atom is -0.496 e. The number of likely N-dealkylation sites (N-methyl/N-ethyl adjacent to an activating group) is 1. The second-order valence-corrected chi connectivity index (χ2v) is 4.58. The summed E-state index contributed by atoms with van der Waals surface area (Å²) >= 11 is 0. The maximum atomic E-state index is 11.9. The van der Waals surface area contributed by atoms with Crippen molar-refractivity contribution in [2.45, 2.75) is 25.4 Å². The molecule has 1 aliphatic heterocycles. The predicted octanol–water partition coefficient (Wildman–Crippen LogP) is 0.932. The number of likely N-dealkylation sites (tertiary alicyclic amines) is 1. The lowest BCUT2D eigenvalue weighted by Crippen LogP contribution is -2.51. The Morgan fingerprint density at radius 3 is 2.84 bits per heavy atom. The van der Waals surface area contributed by atoms with Crippen LogP contribution in [0, 0.1) is 0 Å². The molecule has 2 amide bonds. The van der Waals surface area contributed by atoms with Gasteiger partial charge in [-0.3, -0.25) is 14.5 Å². The van der Waals surface area contributed by atoms with Crippen molar-refractivity contribution >= 4 is 11.8 Å². The molecule has 1 aromatic rings. The van der Waals surface area contributed by atoms with E-state index in [9.17, 15) is 9.59 Å². The second-order valence-electron chi connectivity index (χ2n) is 4.58. The van der Waals surface area contributed by atoms with Gasteiger partial charge in [-0.15, -0.1) is 0 Å². The van der Waals surface area contributed by atoms with Crippen LogP contribution in [0.3, 0.4) is 0 Å². The summed E-state index contributed by atoms with van der Waals surface area (Å²) in [4.78, 5) is 24.5. The number of carbonyl (C=O) groups excluding carboxylic acids is 2. The zero-order valence-electron chi connectivity index (χ0n) is 11.2. The third-order valence-electron chi connectivity index (χ3n) is 3.38. The minimum absolute atomic E-state index is 0.111. The molecule has 19 heavy (non-hydrogen) atoms. The van der Waals surface area contributed by atoms with Crippen LogP contribution in [0.15, 0.2) is 24.3 Å². The Labute approximate surface area is 112 Å². The van der Waals surface area contributed by atoms with Crippen molar-refractivity contribution in [1.82, 2.24) is 10.2 Å². The molecule has 0 saturated carbocycles. The van der Waals surface area contributed by atoms with Crippen LogP contribution in [-0.4, -0.2) is 36.9 Å². The molecule has 102 valence electrons. The first-order valence-corrected chi connectivity index (χ1v) is 6.29. The molecule has 1 heterocycles. The van der Waals surface area contributed by atoms with Gasteiger partial charge in [-0.1, -0.05) is 18.2 Å². The van der Waals surface area contributed by atoms with Crippen molar-refractivity contribution in [2.75, 3.05) is 14.2 Å². The number of para-hydroxylation sites is 1. The Kier molecular flexibility index (Phi) is 4.16. The van der Waals surface area contributed by atoms with E-state index in [-0.39, 0.29) is 17.9 Å². The second kappa shape index (κ2) is 5.84. The molecule has 1 saturated heterocycles. The maximum Gasteiger partial charge on any atom is 0.246 e. The average Bonchev–Trinajstić information content (AvgIpc) is 2.44. The van der Waals surface area contributed by atoms with E-state index in [2.05, 4.69) is 5.32 Å². The standard InChI is InChI=1S/C14H18N2O3/c1-16-13(17)8-7-11(14(16)18)15-9-10-5-3-4-6-12(10)19-2/h3-6,11,15H,7-9H2,1-2H3. The van der Waals surface area contributed by atoms with Crippen molar-refractivity contribution < 1.29 is 14.3 Å². The normalized spacial score (nSPS) is 19.7. The number of ether oxygens (including phenoxy) is 1. The predicted molar refractivity (Wildman–Crippen MR) is 70.6 cm³/mol. The van der Waals surface area contributed by atoms with Crippen molar-refractivity contribution in [2.24, 2.45) is 0 Å². The zero-order valence-corrected chi connectivity index (χ0v) is 11.2. The summed E-state index contributed by atoms with van der Waals surface area (Å²) in [6.07, 6.45) is 0.961. The largest absolute Gasteiger partial charge is 0.496 e. The lowest BCUT2D eigenvalue weighted by molar-refractivity contribution is -0.148. The molecule has 0 aromatic heterocycles. The fourth-order valence-electron chi connectivity index (χ4n) is 2.19. The first-order chi connectivity index (χ1) is 9.13. The summed E-state index contributed by atoms with van der Waals surface area (Å²) in [5.41, 5.74) is 0.998. The number of amides is 2. The van der Waals surface area contributed by atoms with Gasteiger partial charge in [-0.25, -0.2) is 0 Å². The van der Waals surface area contributed by atoms with E-state index in [0.717, 1.165) is 11.3 Å². The van der Waals surface area contributed by atoms with Crippen LogP contribution in [0.4, 0.5) is 0 Å². The Morgan fingerprint density at radius 1 is 1.37 bits per heavy atom. The van der Waals surface area contributed by atoms with Crippen molar-refractivity contribution in [3.63, 3.8) is 0 Å². The molecule has 0 radical (unpaired) electrons. The van der Waals surface area contributed by atoms with Crippen LogP contribution in [0.5, 0.6) is 5.75 Å². The van der Waals surface area contributed by atoms with Gasteiger partial charge >= 0.3 is 0 Å². The summed E-state index contributed by atoms with van der Waals surface area (Å²) in [7, 11) is 3.15. The zero-order chi connectivity index (χ0) is 13.8. The molecule has 0 spiro atoms. The Morgan fingerprint density at radius 2 is 2.11 bits per heavy atom. The van der Waals surface area contributed by atoms with Crippen LogP contribution in [0.2, 0.25) is 0 Å². The number of benzene rings is 1. The van der Waals surface area contributed by atoms with Crippen LogP contribution in [0.25, 0.3) is 0 Å². The average molecular weight is 262 g/mol. The molecule has 1 fully saturated rings. The van der Waals surface area contributed by atoms with Gasteiger partial charge < -0.3 is 10.1 Å². The highest BCUT2D eigenvalue weighted by Crippen LogP contribution is 2.18. The van der Waals surface area contributed by atoms with Crippen LogP contribution in [-0.2, 0) is 16.1 Å². The molecule has 1 unspecified atom stereocenters. The Balaban J connectivity index is 1.99. The highest BCUT2D eigenvalue weighted by atomic mass is 16.5. The highest BCUT2D eigenvalue weighted by Gasteiger charge is 2.31. The van der Waals surface area contributed by atoms with Gasteiger partial charge in [0, 0.05) is 25.6 Å². The van der Waals surface area contributed by atoms with E-state index >= 15 is 0 Å². The van der Waals surface area contributed by atoms with Gasteiger partial charge in [0.1, 0.15) is 5.75 Å². The van der Waals surface area contributed by atoms with Gasteiger partial charge in [-0.05, 0) is 12.5 Å². The number of rotatable bonds is 4. The summed E-state index contributed by atoms with van der Waals surface area (Å²) in [6.45, 7) is 0.544. The maximum absolute atomic E-state index is 11.9. The molecule has 5 heteroatoms. The van der Waals surface area contributed by atoms with Gasteiger partial charge in [-0.2, -0.15) is 0 Å². The van der Waals surface area contributed by atoms with Gasteiger partial charge in [0.15, 0.2) is 0 Å². The van der Waals surface area contributed by atoms with E-state index in [0.29, 0.717) is 19.4 Å². The Bertz CT molecular complexity index is 487. The lowest BCUT2D eigenvalue weighted by Gasteiger charge is -2.28. The van der Waals surface area contributed by atoms with Gasteiger partial charge in [0.25, 0.3) is 0 Å². The number of methoxy groups -OCH3 is 1. The summed E-state index contributed by atoms with van der Waals surface area (Å²) < 4.78 is 5.26. The quantitative estimate of drug-likeness (QED) is 0.820. The lowest BCUT2D eigenvalue weighted by atomic mass is 10.0. The summed E-state index contributed by atoms with van der Waals surface area (Å²) in [5, 5.41) is 3.19. The van der Waals surface area contributed by atoms with Crippen molar-refractivity contribution in [3.8, 4) is 5.75 Å². The van der Waals surface area contributed by atoms with Crippen LogP contribution < -0.4 is 10.1 Å². The van der Waals surface area contributed by atoms with E-state index in [4.69, 9.17) is 4.74 Å². The van der Waals surface area contributed by atoms with E-state index in [1.165, 1.54) is 11.9 Å². The van der Waals surface area contributed by atoms with Crippen molar-refractivity contribution in [3.05, 3.63) is 29.8 Å². The molecular formula is C14H18N2O3. The highest BCUT2D eigenvalue weighted by molar-refractivity contribution is 6.00. The van der Waals surface area contributed by atoms with E-state index in [1.54, 1.807) is 7.11 Å². The van der Waals surface area contributed by atoms with Gasteiger partial charge in [0.05, 0.1) is 13.2 Å². The topological polar surface area (TPSA) is 58.6 Å². The molecule has 0 aliphatic carbocycles.